The van der Waals surface area contributed by atoms with E-state index in [4.69, 9.17) is 0 Å². The van der Waals surface area contributed by atoms with E-state index < -0.39 is 18.0 Å². The second kappa shape index (κ2) is 12.0. The number of nitrogens with zero attached hydrogens (tertiary/aromatic N) is 3. The predicted molar refractivity (Wildman–Crippen MR) is 138 cm³/mol. The molecule has 0 saturated carbocycles. The number of thioether (sulfide) groups is 1. The predicted octanol–water partition coefficient (Wildman–Crippen LogP) is 4.25. The van der Waals surface area contributed by atoms with Crippen LogP contribution in [0.3, 0.4) is 0 Å². The quantitative estimate of drug-likeness (QED) is 0.470. The number of hydrogen-bond acceptors (Lipinski definition) is 5. The first-order valence-corrected chi connectivity index (χ1v) is 12.8. The molecule has 1 aliphatic rings. The van der Waals surface area contributed by atoms with Gasteiger partial charge >= 0.3 is 18.1 Å². The third-order valence-electron chi connectivity index (χ3n) is 5.79. The summed E-state index contributed by atoms with van der Waals surface area (Å²) in [4.78, 5) is 44.1. The van der Waals surface area contributed by atoms with E-state index in [1.54, 1.807) is 51.5 Å². The third kappa shape index (κ3) is 6.82. The summed E-state index contributed by atoms with van der Waals surface area (Å²) in [5, 5.41) is 0. The number of carbonyl (C=O) groups excluding carboxylic acids is 3. The summed E-state index contributed by atoms with van der Waals surface area (Å²) < 4.78 is 37.0. The molecule has 12 heteroatoms. The lowest BCUT2D eigenvalue weighted by Crippen LogP contribution is -2.47. The smallest absolute Gasteiger partial charge is 0.323 e. The molecule has 0 atom stereocenters. The molecule has 0 spiro atoms. The maximum absolute atomic E-state index is 13.5. The molecule has 2 aromatic carbocycles. The van der Waals surface area contributed by atoms with Crippen molar-refractivity contribution in [1.82, 2.24) is 20.7 Å². The molecule has 0 radical (unpaired) electrons. The Morgan fingerprint density at radius 2 is 1.61 bits per heavy atom. The van der Waals surface area contributed by atoms with E-state index in [0.29, 0.717) is 24.3 Å². The Morgan fingerprint density at radius 1 is 0.921 bits per heavy atom. The van der Waals surface area contributed by atoms with Crippen LogP contribution in [0.25, 0.3) is 11.1 Å². The van der Waals surface area contributed by atoms with Gasteiger partial charge in [-0.1, -0.05) is 30.3 Å². The lowest BCUT2D eigenvalue weighted by Gasteiger charge is -2.33. The lowest BCUT2D eigenvalue weighted by atomic mass is 10.1. The van der Waals surface area contributed by atoms with E-state index in [2.05, 4.69) is 4.98 Å². The summed E-state index contributed by atoms with van der Waals surface area (Å²) in [5.74, 6) is -1.47. The number of anilines is 1. The number of hydrazine groups is 1. The van der Waals surface area contributed by atoms with Gasteiger partial charge in [-0.3, -0.25) is 30.3 Å². The second-order valence-electron chi connectivity index (χ2n) is 8.36. The van der Waals surface area contributed by atoms with Crippen molar-refractivity contribution in [2.45, 2.75) is 12.7 Å². The molecule has 1 aromatic heterocycles. The summed E-state index contributed by atoms with van der Waals surface area (Å²) in [6.07, 6.45) is -1.66. The first-order chi connectivity index (χ1) is 18.2. The van der Waals surface area contributed by atoms with Gasteiger partial charge in [-0.25, -0.2) is 4.79 Å². The van der Waals surface area contributed by atoms with Gasteiger partial charge in [-0.2, -0.15) is 24.9 Å². The number of carbonyl (C=O) groups is 3. The van der Waals surface area contributed by atoms with E-state index >= 15 is 0 Å². The fourth-order valence-electron chi connectivity index (χ4n) is 3.76. The molecular weight excluding hydrogens is 519 g/mol. The topological polar surface area (TPSA) is 94.6 Å². The van der Waals surface area contributed by atoms with Gasteiger partial charge in [-0.05, 0) is 47.0 Å². The Kier molecular flexibility index (Phi) is 8.52. The molecule has 2 heterocycles. The van der Waals surface area contributed by atoms with Crippen molar-refractivity contribution in [3.63, 3.8) is 0 Å². The lowest BCUT2D eigenvalue weighted by molar-refractivity contribution is -0.174. The van der Waals surface area contributed by atoms with Crippen molar-refractivity contribution >= 4 is 35.3 Å². The van der Waals surface area contributed by atoms with Gasteiger partial charge in [0.05, 0.1) is 6.54 Å². The van der Waals surface area contributed by atoms with Crippen LogP contribution in [0.15, 0.2) is 73.1 Å². The molecule has 1 saturated heterocycles. The molecule has 4 rings (SSSR count). The normalized spacial score (nSPS) is 13.5. The van der Waals surface area contributed by atoms with Crippen LogP contribution in [0.4, 0.5) is 23.7 Å². The minimum absolute atomic E-state index is 0.0444. The molecule has 8 nitrogen and oxygen atoms in total. The van der Waals surface area contributed by atoms with Crippen LogP contribution < -0.4 is 15.8 Å². The Balaban J connectivity index is 1.50. The average Bonchev–Trinajstić information content (AvgIpc) is 2.95. The van der Waals surface area contributed by atoms with Gasteiger partial charge in [0.25, 0.3) is 5.91 Å². The molecule has 1 aliphatic heterocycles. The molecule has 38 heavy (non-hydrogen) atoms. The van der Waals surface area contributed by atoms with Crippen molar-refractivity contribution in [2.24, 2.45) is 0 Å². The minimum Gasteiger partial charge on any atom is -0.323 e. The number of urea groups is 1. The van der Waals surface area contributed by atoms with Crippen molar-refractivity contribution in [1.29, 1.82) is 0 Å². The second-order valence-corrected chi connectivity index (χ2v) is 9.58. The molecule has 4 amide bonds. The minimum atomic E-state index is -5.11. The van der Waals surface area contributed by atoms with Crippen molar-refractivity contribution in [3.05, 3.63) is 84.2 Å². The van der Waals surface area contributed by atoms with Gasteiger partial charge in [0.15, 0.2) is 0 Å². The molecule has 0 aliphatic carbocycles. The van der Waals surface area contributed by atoms with E-state index in [0.717, 1.165) is 22.6 Å². The molecule has 0 unspecified atom stereocenters. The summed E-state index contributed by atoms with van der Waals surface area (Å²) in [6, 6.07) is 17.3. The number of alkyl halides is 3. The zero-order chi connectivity index (χ0) is 27.1. The third-order valence-corrected chi connectivity index (χ3v) is 6.73. The highest BCUT2D eigenvalue weighted by atomic mass is 32.2. The van der Waals surface area contributed by atoms with Crippen molar-refractivity contribution in [3.8, 4) is 11.1 Å². The Hall–Kier alpha value is -4.06. The van der Waals surface area contributed by atoms with Gasteiger partial charge in [-0.15, -0.1) is 0 Å². The van der Waals surface area contributed by atoms with Crippen LogP contribution in [-0.4, -0.2) is 58.5 Å². The first kappa shape index (κ1) is 27.0. The number of benzene rings is 2. The zero-order valence-electron chi connectivity index (χ0n) is 20.1. The average molecular weight is 544 g/mol. The van der Waals surface area contributed by atoms with Crippen LogP contribution in [-0.2, 0) is 11.3 Å². The van der Waals surface area contributed by atoms with Gasteiger partial charge in [0.2, 0.25) is 0 Å². The van der Waals surface area contributed by atoms with Crippen LogP contribution in [0.5, 0.6) is 0 Å². The fourth-order valence-corrected chi connectivity index (χ4v) is 4.67. The Bertz CT molecular complexity index is 1270. The first-order valence-electron chi connectivity index (χ1n) is 11.6. The maximum atomic E-state index is 13.5. The summed E-state index contributed by atoms with van der Waals surface area (Å²) in [5.41, 5.74) is 6.41. The van der Waals surface area contributed by atoms with Crippen molar-refractivity contribution < 1.29 is 27.6 Å². The molecular formula is C26H24F3N5O3S. The van der Waals surface area contributed by atoms with Crippen LogP contribution in [0.2, 0.25) is 0 Å². The number of aromatic nitrogens is 1. The molecule has 0 bridgehead atoms. The van der Waals surface area contributed by atoms with Gasteiger partial charge in [0.1, 0.15) is 0 Å². The number of hydrogen-bond donors (Lipinski definition) is 2. The molecule has 1 fully saturated rings. The standard InChI is InChI=1S/C26H24F3N5O3S/c27-26(28,29)24(36)32-31-23(35)20-5-3-18(4-6-20)17-34(25(37)33-12-14-38-15-13-33)22-9-7-19(8-10-22)21-2-1-11-30-16-21/h1-11,16H,12-15,17H2,(H,31,35)(H,32,36). The summed E-state index contributed by atoms with van der Waals surface area (Å²) in [7, 11) is 0. The molecule has 198 valence electrons. The van der Waals surface area contributed by atoms with Gasteiger partial charge in [0, 0.05) is 48.2 Å². The van der Waals surface area contributed by atoms with E-state index in [9.17, 15) is 27.6 Å². The Morgan fingerprint density at radius 3 is 2.21 bits per heavy atom. The highest BCUT2D eigenvalue weighted by Crippen LogP contribution is 2.26. The van der Waals surface area contributed by atoms with E-state index in [1.165, 1.54) is 17.6 Å². The fraction of sp³-hybridized carbons (Fsp3) is 0.231. The summed E-state index contributed by atoms with van der Waals surface area (Å²) >= 11 is 1.79. The summed E-state index contributed by atoms with van der Waals surface area (Å²) in [6.45, 7) is 1.48. The van der Waals surface area contributed by atoms with Crippen LogP contribution in [0.1, 0.15) is 15.9 Å². The van der Waals surface area contributed by atoms with Crippen molar-refractivity contribution in [2.75, 3.05) is 29.5 Å². The zero-order valence-corrected chi connectivity index (χ0v) is 20.9. The highest BCUT2D eigenvalue weighted by Gasteiger charge is 2.39. The number of nitrogens with one attached hydrogen (secondary N) is 2. The van der Waals surface area contributed by atoms with E-state index in [1.807, 2.05) is 36.4 Å². The largest absolute Gasteiger partial charge is 0.472 e. The Labute approximate surface area is 221 Å². The number of amides is 4. The SMILES string of the molecule is O=C(NNC(=O)C(F)(F)F)c1ccc(CN(C(=O)N2CCSCC2)c2ccc(-c3cccnc3)cc2)cc1. The maximum Gasteiger partial charge on any atom is 0.472 e. The van der Waals surface area contributed by atoms with Gasteiger partial charge < -0.3 is 4.90 Å². The molecule has 2 N–H and O–H groups in total. The van der Waals surface area contributed by atoms with Crippen LogP contribution in [0, 0.1) is 0 Å². The highest BCUT2D eigenvalue weighted by molar-refractivity contribution is 7.99. The van der Waals surface area contributed by atoms with E-state index in [-0.39, 0.29) is 18.1 Å². The number of rotatable bonds is 5. The number of pyridine rings is 1. The molecule has 3 aromatic rings. The number of halogens is 3. The monoisotopic (exact) mass is 543 g/mol. The van der Waals surface area contributed by atoms with Crippen LogP contribution >= 0.6 is 11.8 Å².